The van der Waals surface area contributed by atoms with E-state index in [0.29, 0.717) is 54.6 Å². The van der Waals surface area contributed by atoms with Gasteiger partial charge in [0.25, 0.3) is 5.91 Å². The van der Waals surface area contributed by atoms with Crippen LogP contribution < -0.4 is 10.1 Å². The Balaban J connectivity index is 0.00000197. The van der Waals surface area contributed by atoms with Crippen LogP contribution in [-0.4, -0.2) is 71.0 Å². The zero-order chi connectivity index (χ0) is 31.4. The quantitative estimate of drug-likeness (QED) is 0.180. The first kappa shape index (κ1) is 34.3. The average molecular weight is 582 g/mol. The van der Waals surface area contributed by atoms with Crippen molar-refractivity contribution in [2.24, 2.45) is 0 Å². The number of nitrogens with zero attached hydrogens (tertiary/aromatic N) is 2. The van der Waals surface area contributed by atoms with Gasteiger partial charge in [0, 0.05) is 31.8 Å². The summed E-state index contributed by atoms with van der Waals surface area (Å²) >= 11 is 0. The number of fused-ring (bicyclic) bond motifs is 1. The minimum Gasteiger partial charge on any atom is -0.496 e. The number of methoxy groups -OCH3 is 1. The van der Waals surface area contributed by atoms with E-state index < -0.39 is 11.7 Å². The van der Waals surface area contributed by atoms with Gasteiger partial charge in [-0.2, -0.15) is 0 Å². The van der Waals surface area contributed by atoms with Crippen LogP contribution in [0.25, 0.3) is 0 Å². The fraction of sp³-hybridized carbons (Fsp3) is 0.500. The van der Waals surface area contributed by atoms with Crippen LogP contribution >= 0.6 is 0 Å². The summed E-state index contributed by atoms with van der Waals surface area (Å²) in [5, 5.41) is 29.0. The Hall–Kier alpha value is -3.92. The van der Waals surface area contributed by atoms with Gasteiger partial charge in [0.15, 0.2) is 0 Å². The molecule has 1 aromatic carbocycles. The normalized spacial score (nSPS) is 15.7. The number of amidine groups is 2. The zero-order valence-electron chi connectivity index (χ0n) is 26.1. The summed E-state index contributed by atoms with van der Waals surface area (Å²) in [6, 6.07) is 3.58. The van der Waals surface area contributed by atoms with Crippen molar-refractivity contribution >= 4 is 23.7 Å². The molecule has 2 aliphatic rings. The van der Waals surface area contributed by atoms with Crippen LogP contribution in [0.2, 0.25) is 0 Å². The summed E-state index contributed by atoms with van der Waals surface area (Å²) in [6.45, 7) is 12.4. The molecule has 1 fully saturated rings. The Morgan fingerprint density at radius 3 is 2.43 bits per heavy atom. The third kappa shape index (κ3) is 9.87. The van der Waals surface area contributed by atoms with E-state index in [4.69, 9.17) is 20.3 Å². The molecular weight excluding hydrogens is 534 g/mol. The number of rotatable bonds is 8. The first-order valence-corrected chi connectivity index (χ1v) is 14.4. The first-order valence-electron chi connectivity index (χ1n) is 14.4. The van der Waals surface area contributed by atoms with Crippen LogP contribution in [-0.2, 0) is 17.7 Å². The van der Waals surface area contributed by atoms with Crippen molar-refractivity contribution in [1.29, 1.82) is 10.8 Å². The minimum absolute atomic E-state index is 0.108. The molecule has 2 heterocycles. The fourth-order valence-corrected chi connectivity index (χ4v) is 4.34. The molecule has 0 unspecified atom stereocenters. The fourth-order valence-electron chi connectivity index (χ4n) is 4.34. The van der Waals surface area contributed by atoms with Crippen molar-refractivity contribution < 1.29 is 24.2 Å². The van der Waals surface area contributed by atoms with Crippen LogP contribution in [0.5, 0.6) is 5.75 Å². The van der Waals surface area contributed by atoms with E-state index in [2.05, 4.69) is 19.2 Å². The molecule has 1 saturated heterocycles. The minimum atomic E-state index is -1.12. The third-order valence-electron chi connectivity index (χ3n) is 6.54. The number of benzene rings is 1. The Kier molecular flexibility index (Phi) is 13.0. The molecule has 10 nitrogen and oxygen atoms in total. The zero-order valence-corrected chi connectivity index (χ0v) is 26.1. The molecule has 0 aromatic heterocycles. The second-order valence-electron chi connectivity index (χ2n) is 11.0. The predicted molar refractivity (Wildman–Crippen MR) is 166 cm³/mol. The second-order valence-corrected chi connectivity index (χ2v) is 11.0. The lowest BCUT2D eigenvalue weighted by molar-refractivity contribution is -0.00487. The van der Waals surface area contributed by atoms with Gasteiger partial charge >= 0.3 is 6.09 Å². The summed E-state index contributed by atoms with van der Waals surface area (Å²) in [5.74, 6) is 0.866. The molecule has 2 aliphatic heterocycles. The van der Waals surface area contributed by atoms with E-state index in [9.17, 15) is 14.7 Å². The van der Waals surface area contributed by atoms with Gasteiger partial charge in [-0.15, -0.1) is 0 Å². The number of hydrogen-bond acceptors (Lipinski definition) is 7. The van der Waals surface area contributed by atoms with Crippen LogP contribution in [0.15, 0.2) is 47.7 Å². The SMILES string of the molecule is C/C=C(/C=C\C=C(/C)C(=N)N1CCCC1=N)NC(=O)c1cc2c(cc1OC)CCN(C(=O)OCC(C)(C)O)C2.CCC. The number of likely N-dealkylation sites (tertiary alicyclic amines) is 1. The third-order valence-corrected chi connectivity index (χ3v) is 6.54. The summed E-state index contributed by atoms with van der Waals surface area (Å²) in [4.78, 5) is 29.0. The van der Waals surface area contributed by atoms with Gasteiger partial charge in [0.2, 0.25) is 0 Å². The molecule has 1 aromatic rings. The van der Waals surface area contributed by atoms with Gasteiger partial charge in [-0.05, 0) is 75.4 Å². The summed E-state index contributed by atoms with van der Waals surface area (Å²) < 4.78 is 10.7. The number of carbonyl (C=O) groups is 2. The summed E-state index contributed by atoms with van der Waals surface area (Å²) in [6.07, 6.45) is 9.97. The lowest BCUT2D eigenvalue weighted by atomic mass is 9.96. The highest BCUT2D eigenvalue weighted by Crippen LogP contribution is 2.28. The van der Waals surface area contributed by atoms with E-state index in [1.165, 1.54) is 13.5 Å². The first-order chi connectivity index (χ1) is 19.8. The van der Waals surface area contributed by atoms with Gasteiger partial charge in [-0.3, -0.25) is 15.6 Å². The highest BCUT2D eigenvalue weighted by atomic mass is 16.6. The van der Waals surface area contributed by atoms with Crippen LogP contribution in [0.4, 0.5) is 4.79 Å². The summed E-state index contributed by atoms with van der Waals surface area (Å²) in [5.41, 5.74) is 2.35. The van der Waals surface area contributed by atoms with Crippen molar-refractivity contribution in [2.45, 2.75) is 79.4 Å². The average Bonchev–Trinajstić information content (AvgIpc) is 3.39. The second kappa shape index (κ2) is 15.9. The maximum absolute atomic E-state index is 13.2. The highest BCUT2D eigenvalue weighted by molar-refractivity contribution is 6.07. The van der Waals surface area contributed by atoms with Crippen molar-refractivity contribution in [3.05, 3.63) is 64.4 Å². The molecule has 10 heteroatoms. The molecule has 4 N–H and O–H groups in total. The van der Waals surface area contributed by atoms with Crippen LogP contribution in [0.3, 0.4) is 0 Å². The highest BCUT2D eigenvalue weighted by Gasteiger charge is 2.26. The lowest BCUT2D eigenvalue weighted by Gasteiger charge is -2.30. The number of aliphatic hydroxyl groups is 1. The van der Waals surface area contributed by atoms with E-state index in [0.717, 1.165) is 23.1 Å². The predicted octanol–water partition coefficient (Wildman–Crippen LogP) is 5.56. The topological polar surface area (TPSA) is 139 Å². The Morgan fingerprint density at radius 1 is 1.17 bits per heavy atom. The van der Waals surface area contributed by atoms with Crippen LogP contribution in [0, 0.1) is 10.8 Å². The van der Waals surface area contributed by atoms with Crippen molar-refractivity contribution in [1.82, 2.24) is 15.1 Å². The molecule has 2 amide bonds. The smallest absolute Gasteiger partial charge is 0.410 e. The van der Waals surface area contributed by atoms with E-state index in [1.807, 2.05) is 19.9 Å². The molecule has 0 radical (unpaired) electrons. The maximum atomic E-state index is 13.2. The van der Waals surface area contributed by atoms with Gasteiger partial charge in [0.1, 0.15) is 24.0 Å². The number of carbonyl (C=O) groups excluding carboxylic acids is 2. The van der Waals surface area contributed by atoms with Gasteiger partial charge < -0.3 is 29.7 Å². The number of nitrogens with one attached hydrogen (secondary N) is 3. The van der Waals surface area contributed by atoms with Crippen LogP contribution in [0.1, 0.15) is 82.3 Å². The molecule has 0 aliphatic carbocycles. The van der Waals surface area contributed by atoms with Gasteiger partial charge in [-0.1, -0.05) is 38.5 Å². The molecule has 0 atom stereocenters. The molecule has 0 saturated carbocycles. The Morgan fingerprint density at radius 2 is 1.86 bits per heavy atom. The van der Waals surface area contributed by atoms with E-state index in [1.54, 1.807) is 54.0 Å². The molecule has 3 rings (SSSR count). The Labute approximate surface area is 250 Å². The Bertz CT molecular complexity index is 1240. The standard InChI is InChI=1S/C29H39N5O5.C3H8/c1-6-22(10-7-9-19(2)26(31)34-13-8-11-25(34)30)32-27(35)23-15-21-17-33(28(36)39-18-29(3,4)37)14-12-20(21)16-24(23)38-5;1-3-2/h6-7,9-10,15-16,30-31,37H,8,11-14,17-18H2,1-5H3,(H,32,35);3H2,1-2H3/b10-7-,19-9+,22-6-,30-25?,31-26?;. The van der Waals surface area contributed by atoms with Crippen molar-refractivity contribution in [3.8, 4) is 5.75 Å². The number of allylic oxidation sites excluding steroid dienone is 4. The number of amides is 2. The number of hydrogen-bond donors (Lipinski definition) is 4. The maximum Gasteiger partial charge on any atom is 0.410 e. The van der Waals surface area contributed by atoms with E-state index in [-0.39, 0.29) is 19.1 Å². The number of ether oxygens (including phenoxy) is 2. The molecule has 0 bridgehead atoms. The molecular formula is C32H47N5O5. The van der Waals surface area contributed by atoms with Gasteiger partial charge in [0.05, 0.1) is 18.3 Å². The summed E-state index contributed by atoms with van der Waals surface area (Å²) in [7, 11) is 1.51. The molecule has 42 heavy (non-hydrogen) atoms. The molecule has 230 valence electrons. The lowest BCUT2D eigenvalue weighted by Crippen LogP contribution is -2.39. The van der Waals surface area contributed by atoms with Gasteiger partial charge in [-0.25, -0.2) is 4.79 Å². The van der Waals surface area contributed by atoms with E-state index >= 15 is 0 Å². The largest absolute Gasteiger partial charge is 0.496 e. The van der Waals surface area contributed by atoms with Crippen molar-refractivity contribution in [3.63, 3.8) is 0 Å². The molecule has 0 spiro atoms. The monoisotopic (exact) mass is 581 g/mol. The van der Waals surface area contributed by atoms with Crippen molar-refractivity contribution in [2.75, 3.05) is 26.8 Å².